The van der Waals surface area contributed by atoms with Crippen molar-refractivity contribution in [2.24, 2.45) is 0 Å². The van der Waals surface area contributed by atoms with Crippen LogP contribution in [0, 0.1) is 12.7 Å². The summed E-state index contributed by atoms with van der Waals surface area (Å²) in [6.45, 7) is 3.14. The predicted octanol–water partition coefficient (Wildman–Crippen LogP) is 3.16. The largest absolute Gasteiger partial charge is 0.242 e. The Labute approximate surface area is 64.9 Å². The van der Waals surface area contributed by atoms with Gasteiger partial charge in [-0.3, -0.25) is 0 Å². The Kier molecular flexibility index (Phi) is 2.22. The van der Waals surface area contributed by atoms with Gasteiger partial charge in [0, 0.05) is 5.56 Å². The Morgan fingerprint density at radius 1 is 1.36 bits per heavy atom. The molecular formula is C9H10F2. The van der Waals surface area contributed by atoms with Gasteiger partial charge in [0.05, 0.1) is 0 Å². The molecule has 0 aromatic heterocycles. The third-order valence-electron chi connectivity index (χ3n) is 1.58. The molecule has 60 valence electrons. The van der Waals surface area contributed by atoms with Gasteiger partial charge in [-0.15, -0.1) is 0 Å². The first kappa shape index (κ1) is 8.18. The average Bonchev–Trinajstić information content (AvgIpc) is 1.94. The molecule has 0 aliphatic rings. The van der Waals surface area contributed by atoms with Gasteiger partial charge in [-0.25, -0.2) is 8.78 Å². The lowest BCUT2D eigenvalue weighted by Crippen LogP contribution is -1.91. The number of rotatable bonds is 1. The zero-order valence-electron chi connectivity index (χ0n) is 6.57. The fourth-order valence-corrected chi connectivity index (χ4v) is 0.968. The fourth-order valence-electron chi connectivity index (χ4n) is 0.968. The highest BCUT2D eigenvalue weighted by Gasteiger charge is 2.08. The molecule has 0 aliphatic heterocycles. The van der Waals surface area contributed by atoms with E-state index in [9.17, 15) is 8.78 Å². The van der Waals surface area contributed by atoms with Crippen LogP contribution in [0.25, 0.3) is 0 Å². The summed E-state index contributed by atoms with van der Waals surface area (Å²) in [5.41, 5.74) is 1.02. The highest BCUT2D eigenvalue weighted by Crippen LogP contribution is 2.20. The highest BCUT2D eigenvalue weighted by molar-refractivity contribution is 5.25. The van der Waals surface area contributed by atoms with Gasteiger partial charge in [0.2, 0.25) is 0 Å². The van der Waals surface area contributed by atoms with Crippen LogP contribution < -0.4 is 0 Å². The lowest BCUT2D eigenvalue weighted by molar-refractivity contribution is 0.361. The molecule has 0 aliphatic carbocycles. The van der Waals surface area contributed by atoms with Crippen LogP contribution in [0.3, 0.4) is 0 Å². The molecule has 0 saturated carbocycles. The Morgan fingerprint density at radius 3 is 2.45 bits per heavy atom. The minimum absolute atomic E-state index is 0.144. The summed E-state index contributed by atoms with van der Waals surface area (Å²) < 4.78 is 25.4. The lowest BCUT2D eigenvalue weighted by Gasteiger charge is -2.04. The standard InChI is InChI=1S/C9H10F2/c1-6-3-4-9(11)8(5-6)7(2)10/h3-5,7H,1-2H3. The third-order valence-corrected chi connectivity index (χ3v) is 1.58. The van der Waals surface area contributed by atoms with Crippen LogP contribution in [-0.4, -0.2) is 0 Å². The van der Waals surface area contributed by atoms with Crippen molar-refractivity contribution in [2.45, 2.75) is 20.0 Å². The van der Waals surface area contributed by atoms with Crippen LogP contribution in [0.1, 0.15) is 24.2 Å². The number of benzene rings is 1. The molecule has 0 bridgehead atoms. The van der Waals surface area contributed by atoms with Crippen molar-refractivity contribution in [3.05, 3.63) is 35.1 Å². The van der Waals surface area contributed by atoms with Crippen molar-refractivity contribution >= 4 is 0 Å². The Bertz CT molecular complexity index is 254. The van der Waals surface area contributed by atoms with Crippen LogP contribution >= 0.6 is 0 Å². The maximum absolute atomic E-state index is 12.8. The molecule has 1 atom stereocenters. The fraction of sp³-hybridized carbons (Fsp3) is 0.333. The molecule has 0 N–H and O–H groups in total. The summed E-state index contributed by atoms with van der Waals surface area (Å²) in [5, 5.41) is 0. The van der Waals surface area contributed by atoms with Crippen molar-refractivity contribution in [3.63, 3.8) is 0 Å². The van der Waals surface area contributed by atoms with E-state index in [4.69, 9.17) is 0 Å². The predicted molar refractivity (Wildman–Crippen MR) is 40.7 cm³/mol. The molecule has 0 fully saturated rings. The highest BCUT2D eigenvalue weighted by atomic mass is 19.1. The van der Waals surface area contributed by atoms with Crippen molar-refractivity contribution in [1.82, 2.24) is 0 Å². The molecule has 1 aromatic carbocycles. The van der Waals surface area contributed by atoms with Crippen LogP contribution in [0.5, 0.6) is 0 Å². The van der Waals surface area contributed by atoms with Crippen LogP contribution in [0.15, 0.2) is 18.2 Å². The number of hydrogen-bond acceptors (Lipinski definition) is 0. The van der Waals surface area contributed by atoms with Gasteiger partial charge in [0.15, 0.2) is 0 Å². The van der Waals surface area contributed by atoms with E-state index in [0.29, 0.717) is 0 Å². The minimum Gasteiger partial charge on any atom is -0.242 e. The number of alkyl halides is 1. The van der Waals surface area contributed by atoms with E-state index in [2.05, 4.69) is 0 Å². The summed E-state index contributed by atoms with van der Waals surface area (Å²) >= 11 is 0. The van der Waals surface area contributed by atoms with E-state index >= 15 is 0 Å². The Morgan fingerprint density at radius 2 is 2.00 bits per heavy atom. The summed E-state index contributed by atoms with van der Waals surface area (Å²) in [6, 6.07) is 4.45. The van der Waals surface area contributed by atoms with Gasteiger partial charge >= 0.3 is 0 Å². The van der Waals surface area contributed by atoms with E-state index < -0.39 is 12.0 Å². The number of hydrogen-bond donors (Lipinski definition) is 0. The Balaban J connectivity index is 3.13. The normalized spacial score (nSPS) is 13.1. The summed E-state index contributed by atoms with van der Waals surface area (Å²) in [4.78, 5) is 0. The molecule has 0 amide bonds. The molecule has 0 saturated heterocycles. The van der Waals surface area contributed by atoms with E-state index in [1.807, 2.05) is 6.92 Å². The maximum atomic E-state index is 12.8. The first-order chi connectivity index (χ1) is 5.11. The SMILES string of the molecule is Cc1ccc(F)c(C(C)F)c1. The van der Waals surface area contributed by atoms with Crippen molar-refractivity contribution < 1.29 is 8.78 Å². The molecule has 2 heteroatoms. The Hall–Kier alpha value is -0.920. The van der Waals surface area contributed by atoms with Crippen LogP contribution in [-0.2, 0) is 0 Å². The first-order valence-corrected chi connectivity index (χ1v) is 3.51. The number of halogens is 2. The summed E-state index contributed by atoms with van der Waals surface area (Å²) in [7, 11) is 0. The maximum Gasteiger partial charge on any atom is 0.129 e. The van der Waals surface area contributed by atoms with Crippen molar-refractivity contribution in [1.29, 1.82) is 0 Å². The zero-order chi connectivity index (χ0) is 8.43. The van der Waals surface area contributed by atoms with Gasteiger partial charge < -0.3 is 0 Å². The lowest BCUT2D eigenvalue weighted by atomic mass is 10.1. The zero-order valence-corrected chi connectivity index (χ0v) is 6.57. The van der Waals surface area contributed by atoms with Gasteiger partial charge in [0.1, 0.15) is 12.0 Å². The van der Waals surface area contributed by atoms with Crippen molar-refractivity contribution in [3.8, 4) is 0 Å². The average molecular weight is 156 g/mol. The molecule has 0 nitrogen and oxygen atoms in total. The van der Waals surface area contributed by atoms with Crippen LogP contribution in [0.2, 0.25) is 0 Å². The third kappa shape index (κ3) is 1.76. The van der Waals surface area contributed by atoms with E-state index in [-0.39, 0.29) is 5.56 Å². The minimum atomic E-state index is -1.23. The second-order valence-electron chi connectivity index (χ2n) is 2.64. The molecule has 1 rings (SSSR count). The number of aryl methyl sites for hydroxylation is 1. The summed E-state index contributed by atoms with van der Waals surface area (Å²) in [6.07, 6.45) is -1.23. The molecule has 0 spiro atoms. The molecule has 1 unspecified atom stereocenters. The molecule has 11 heavy (non-hydrogen) atoms. The topological polar surface area (TPSA) is 0 Å². The molecule has 1 aromatic rings. The quantitative estimate of drug-likeness (QED) is 0.585. The second-order valence-corrected chi connectivity index (χ2v) is 2.64. The molecule has 0 radical (unpaired) electrons. The van der Waals surface area contributed by atoms with Crippen LogP contribution in [0.4, 0.5) is 8.78 Å². The van der Waals surface area contributed by atoms with Gasteiger partial charge in [0.25, 0.3) is 0 Å². The molecular weight excluding hydrogens is 146 g/mol. The van der Waals surface area contributed by atoms with E-state index in [1.54, 1.807) is 6.07 Å². The molecule has 0 heterocycles. The first-order valence-electron chi connectivity index (χ1n) is 3.51. The van der Waals surface area contributed by atoms with E-state index in [1.165, 1.54) is 19.1 Å². The van der Waals surface area contributed by atoms with Crippen molar-refractivity contribution in [2.75, 3.05) is 0 Å². The van der Waals surface area contributed by atoms with Gasteiger partial charge in [-0.05, 0) is 19.9 Å². The monoisotopic (exact) mass is 156 g/mol. The van der Waals surface area contributed by atoms with Gasteiger partial charge in [-0.2, -0.15) is 0 Å². The smallest absolute Gasteiger partial charge is 0.129 e. The van der Waals surface area contributed by atoms with Gasteiger partial charge in [-0.1, -0.05) is 17.7 Å². The van der Waals surface area contributed by atoms with E-state index in [0.717, 1.165) is 5.56 Å². The second kappa shape index (κ2) is 2.99. The summed E-state index contributed by atoms with van der Waals surface area (Å²) in [5.74, 6) is -0.467.